The Morgan fingerprint density at radius 1 is 1.09 bits per heavy atom. The van der Waals surface area contributed by atoms with E-state index in [-0.39, 0.29) is 22.8 Å². The summed E-state index contributed by atoms with van der Waals surface area (Å²) >= 11 is 0. The van der Waals surface area contributed by atoms with Crippen LogP contribution in [0.1, 0.15) is 25.3 Å². The van der Waals surface area contributed by atoms with E-state index >= 15 is 0 Å². The quantitative estimate of drug-likeness (QED) is 0.633. The molecule has 2 aliphatic heterocycles. The van der Waals surface area contributed by atoms with Crippen LogP contribution in [0, 0.1) is 12.8 Å². The summed E-state index contributed by atoms with van der Waals surface area (Å²) in [6.45, 7) is 8.56. The van der Waals surface area contributed by atoms with Crippen molar-refractivity contribution in [3.63, 3.8) is 0 Å². The fourth-order valence-corrected chi connectivity index (χ4v) is 5.76. The highest BCUT2D eigenvalue weighted by Gasteiger charge is 2.32. The van der Waals surface area contributed by atoms with Gasteiger partial charge in [-0.05, 0) is 57.4 Å². The summed E-state index contributed by atoms with van der Waals surface area (Å²) in [5.41, 5.74) is 1.02. The summed E-state index contributed by atoms with van der Waals surface area (Å²) in [5.74, 6) is 1.01. The van der Waals surface area contributed by atoms with E-state index in [2.05, 4.69) is 24.5 Å². The number of hydrogen-bond acceptors (Lipinski definition) is 7. The van der Waals surface area contributed by atoms with Crippen molar-refractivity contribution >= 4 is 21.9 Å². The molecule has 2 saturated heterocycles. The van der Waals surface area contributed by atoms with Crippen LogP contribution >= 0.6 is 0 Å². The first-order chi connectivity index (χ1) is 16.3. The molecular formula is C24H34N6O3S. The second kappa shape index (κ2) is 10.8. The second-order valence-corrected chi connectivity index (χ2v) is 11.0. The van der Waals surface area contributed by atoms with Crippen molar-refractivity contribution in [2.24, 2.45) is 5.92 Å². The maximum Gasteiger partial charge on any atom is 0.240 e. The Hall–Kier alpha value is -2.56. The fourth-order valence-electron chi connectivity index (χ4n) is 4.65. The zero-order chi connectivity index (χ0) is 24.1. The molecule has 2 atom stereocenters. The molecule has 0 spiro atoms. The number of piperazine rings is 1. The number of piperidine rings is 1. The molecule has 184 valence electrons. The van der Waals surface area contributed by atoms with Crippen LogP contribution in [0.15, 0.2) is 47.6 Å². The van der Waals surface area contributed by atoms with Crippen molar-refractivity contribution in [2.75, 3.05) is 50.7 Å². The molecule has 2 fully saturated rings. The Morgan fingerprint density at radius 2 is 1.76 bits per heavy atom. The van der Waals surface area contributed by atoms with Crippen LogP contribution in [-0.4, -0.2) is 85.9 Å². The number of sulfonamides is 1. The molecule has 3 heterocycles. The molecule has 0 saturated carbocycles. The minimum Gasteiger partial charge on any atom is -0.338 e. The molecule has 0 aliphatic carbocycles. The van der Waals surface area contributed by atoms with Gasteiger partial charge in [0.1, 0.15) is 0 Å². The number of amides is 1. The first-order valence-electron chi connectivity index (χ1n) is 11.9. The van der Waals surface area contributed by atoms with Gasteiger partial charge in [0.25, 0.3) is 0 Å². The van der Waals surface area contributed by atoms with Gasteiger partial charge >= 0.3 is 0 Å². The third kappa shape index (κ3) is 5.92. The Balaban J connectivity index is 1.28. The molecule has 1 N–H and O–H groups in total. The average Bonchev–Trinajstić information content (AvgIpc) is 2.88. The van der Waals surface area contributed by atoms with E-state index < -0.39 is 10.0 Å². The molecule has 9 nitrogen and oxygen atoms in total. The molecule has 1 aromatic heterocycles. The summed E-state index contributed by atoms with van der Waals surface area (Å²) in [4.78, 5) is 28.3. The lowest BCUT2D eigenvalue weighted by Gasteiger charge is -2.40. The third-order valence-corrected chi connectivity index (χ3v) is 8.21. The van der Waals surface area contributed by atoms with E-state index in [4.69, 9.17) is 0 Å². The van der Waals surface area contributed by atoms with E-state index in [1.807, 2.05) is 18.7 Å². The van der Waals surface area contributed by atoms with Gasteiger partial charge in [-0.2, -0.15) is 0 Å². The fraction of sp³-hybridized carbons (Fsp3) is 0.542. The molecule has 2 aliphatic rings. The van der Waals surface area contributed by atoms with Crippen LogP contribution in [0.2, 0.25) is 0 Å². The van der Waals surface area contributed by atoms with Crippen LogP contribution in [0.25, 0.3) is 0 Å². The molecule has 2 aromatic rings. The number of nitrogens with one attached hydrogen (secondary N) is 1. The van der Waals surface area contributed by atoms with Gasteiger partial charge in [-0.1, -0.05) is 17.7 Å². The predicted molar refractivity (Wildman–Crippen MR) is 131 cm³/mol. The summed E-state index contributed by atoms with van der Waals surface area (Å²) in [5, 5.41) is 0. The number of aromatic nitrogens is 2. The summed E-state index contributed by atoms with van der Waals surface area (Å²) < 4.78 is 28.1. The highest BCUT2D eigenvalue weighted by Crippen LogP contribution is 2.21. The lowest BCUT2D eigenvalue weighted by Crippen LogP contribution is -2.56. The molecule has 1 aromatic carbocycles. The molecular weight excluding hydrogens is 452 g/mol. The first kappa shape index (κ1) is 24.6. The number of benzene rings is 1. The number of aryl methyl sites for hydroxylation is 1. The first-order valence-corrected chi connectivity index (χ1v) is 13.4. The minimum absolute atomic E-state index is 0.134. The van der Waals surface area contributed by atoms with Gasteiger partial charge in [0.2, 0.25) is 21.9 Å². The topological polar surface area (TPSA) is 98.7 Å². The van der Waals surface area contributed by atoms with Crippen LogP contribution in [-0.2, 0) is 14.8 Å². The maximum atomic E-state index is 13.2. The van der Waals surface area contributed by atoms with Crippen molar-refractivity contribution < 1.29 is 13.2 Å². The zero-order valence-corrected chi connectivity index (χ0v) is 20.7. The molecule has 2 unspecified atom stereocenters. The van der Waals surface area contributed by atoms with E-state index in [1.54, 1.807) is 42.7 Å². The third-order valence-electron chi connectivity index (χ3n) is 6.78. The SMILES string of the molecule is Cc1ccc(S(=O)(=O)NCC2CCCN(C(C)C(=O)N3CCN(c4ncccn4)CC3)C2)cc1. The summed E-state index contributed by atoms with van der Waals surface area (Å²) in [6, 6.07) is 8.44. The van der Waals surface area contributed by atoms with Crippen LogP contribution < -0.4 is 9.62 Å². The number of nitrogens with zero attached hydrogens (tertiary/aromatic N) is 5. The van der Waals surface area contributed by atoms with Gasteiger partial charge in [-0.25, -0.2) is 23.1 Å². The van der Waals surface area contributed by atoms with E-state index in [9.17, 15) is 13.2 Å². The maximum absolute atomic E-state index is 13.2. The van der Waals surface area contributed by atoms with Gasteiger partial charge in [0.15, 0.2) is 0 Å². The summed E-state index contributed by atoms with van der Waals surface area (Å²) in [7, 11) is -3.53. The monoisotopic (exact) mass is 486 g/mol. The smallest absolute Gasteiger partial charge is 0.240 e. The number of carbonyl (C=O) groups is 1. The van der Waals surface area contributed by atoms with Crippen molar-refractivity contribution in [1.82, 2.24) is 24.5 Å². The number of anilines is 1. The molecule has 4 rings (SSSR count). The van der Waals surface area contributed by atoms with Gasteiger partial charge in [0, 0.05) is 51.7 Å². The van der Waals surface area contributed by atoms with E-state index in [1.165, 1.54) is 0 Å². The van der Waals surface area contributed by atoms with Crippen molar-refractivity contribution in [2.45, 2.75) is 37.6 Å². The molecule has 10 heteroatoms. The minimum atomic E-state index is -3.53. The predicted octanol–water partition coefficient (Wildman–Crippen LogP) is 1.51. The Morgan fingerprint density at radius 3 is 2.44 bits per heavy atom. The van der Waals surface area contributed by atoms with E-state index in [0.29, 0.717) is 45.2 Å². The van der Waals surface area contributed by atoms with Crippen molar-refractivity contribution in [1.29, 1.82) is 0 Å². The highest BCUT2D eigenvalue weighted by molar-refractivity contribution is 7.89. The van der Waals surface area contributed by atoms with Crippen molar-refractivity contribution in [3.8, 4) is 0 Å². The standard InChI is InChI=1S/C24H34N6O3S/c1-19-6-8-22(9-7-19)34(32,33)27-17-21-5-3-12-30(18-21)20(2)23(31)28-13-15-29(16-14-28)24-25-10-4-11-26-24/h4,6-11,20-21,27H,3,5,12-18H2,1-2H3. The van der Waals surface area contributed by atoms with Gasteiger partial charge in [-0.3, -0.25) is 9.69 Å². The number of hydrogen-bond donors (Lipinski definition) is 1. The number of likely N-dealkylation sites (tertiary alicyclic amines) is 1. The van der Waals surface area contributed by atoms with Gasteiger partial charge in [-0.15, -0.1) is 0 Å². The Kier molecular flexibility index (Phi) is 7.80. The van der Waals surface area contributed by atoms with Crippen LogP contribution in [0.5, 0.6) is 0 Å². The largest absolute Gasteiger partial charge is 0.338 e. The molecule has 0 bridgehead atoms. The lowest BCUT2D eigenvalue weighted by molar-refractivity contribution is -0.137. The normalized spacial score (nSPS) is 20.8. The zero-order valence-electron chi connectivity index (χ0n) is 19.9. The second-order valence-electron chi connectivity index (χ2n) is 9.21. The number of carbonyl (C=O) groups excluding carboxylic acids is 1. The number of rotatable bonds is 7. The van der Waals surface area contributed by atoms with Crippen LogP contribution in [0.3, 0.4) is 0 Å². The Labute approximate surface area is 202 Å². The Bertz CT molecular complexity index is 1060. The van der Waals surface area contributed by atoms with Crippen LogP contribution in [0.4, 0.5) is 5.95 Å². The molecule has 34 heavy (non-hydrogen) atoms. The molecule has 0 radical (unpaired) electrons. The van der Waals surface area contributed by atoms with Gasteiger partial charge < -0.3 is 9.80 Å². The van der Waals surface area contributed by atoms with E-state index in [0.717, 1.165) is 24.9 Å². The average molecular weight is 487 g/mol. The lowest BCUT2D eigenvalue weighted by atomic mass is 9.97. The summed E-state index contributed by atoms with van der Waals surface area (Å²) in [6.07, 6.45) is 5.36. The van der Waals surface area contributed by atoms with Crippen molar-refractivity contribution in [3.05, 3.63) is 48.3 Å². The molecule has 1 amide bonds. The highest BCUT2D eigenvalue weighted by atomic mass is 32.2. The van der Waals surface area contributed by atoms with Gasteiger partial charge in [0.05, 0.1) is 10.9 Å².